The van der Waals surface area contributed by atoms with Crippen molar-refractivity contribution in [3.8, 4) is 0 Å². The topological polar surface area (TPSA) is 66.9 Å². The van der Waals surface area contributed by atoms with Gasteiger partial charge in [0.1, 0.15) is 20.2 Å². The highest BCUT2D eigenvalue weighted by Gasteiger charge is 2.33. The first-order valence-corrected chi connectivity index (χ1v) is 12.6. The monoisotopic (exact) mass is 524 g/mol. The standard InChI is InChI=1S/C24H16N2O4S4/c27-21-19(11-17-6-2-8-29-17)33-23(31)25(21)13-15-4-1-5-16(10-15)14-26-22(28)20(34-24(26)32)12-18-7-3-9-30-18/h1-12H,13-14H2/b19-11-,20-12-. The minimum Gasteiger partial charge on any atom is -0.465 e. The zero-order valence-electron chi connectivity index (χ0n) is 17.5. The Morgan fingerprint density at radius 2 is 1.21 bits per heavy atom. The van der Waals surface area contributed by atoms with E-state index in [1.807, 2.05) is 24.3 Å². The highest BCUT2D eigenvalue weighted by Crippen LogP contribution is 2.35. The van der Waals surface area contributed by atoms with Crippen molar-refractivity contribution in [1.29, 1.82) is 0 Å². The molecular weight excluding hydrogens is 509 g/mol. The van der Waals surface area contributed by atoms with Crippen molar-refractivity contribution in [3.05, 3.63) is 93.5 Å². The van der Waals surface area contributed by atoms with Gasteiger partial charge in [-0.2, -0.15) is 0 Å². The summed E-state index contributed by atoms with van der Waals surface area (Å²) < 4.78 is 11.6. The fourth-order valence-corrected chi connectivity index (χ4v) is 5.94. The molecule has 6 nitrogen and oxygen atoms in total. The Labute approximate surface area is 214 Å². The molecule has 34 heavy (non-hydrogen) atoms. The SMILES string of the molecule is O=C1/C(=C/c2ccco2)SC(=S)N1Cc1cccc(CN2C(=O)/C(=C/c3ccco3)SC2=S)c1. The van der Waals surface area contributed by atoms with Gasteiger partial charge >= 0.3 is 0 Å². The van der Waals surface area contributed by atoms with Crippen molar-refractivity contribution in [2.45, 2.75) is 13.1 Å². The van der Waals surface area contributed by atoms with Gasteiger partial charge in [0, 0.05) is 12.2 Å². The molecule has 0 atom stereocenters. The highest BCUT2D eigenvalue weighted by atomic mass is 32.2. The zero-order chi connectivity index (χ0) is 23.7. The van der Waals surface area contributed by atoms with Gasteiger partial charge in [0.15, 0.2) is 0 Å². The summed E-state index contributed by atoms with van der Waals surface area (Å²) in [6.45, 7) is 0.676. The summed E-state index contributed by atoms with van der Waals surface area (Å²) in [5.41, 5.74) is 1.81. The Balaban J connectivity index is 1.29. The first-order valence-electron chi connectivity index (χ1n) is 10.1. The average molecular weight is 525 g/mol. The van der Waals surface area contributed by atoms with Crippen LogP contribution in [0.3, 0.4) is 0 Å². The molecule has 170 valence electrons. The van der Waals surface area contributed by atoms with E-state index in [2.05, 4.69) is 0 Å². The number of nitrogens with zero attached hydrogens (tertiary/aromatic N) is 2. The van der Waals surface area contributed by atoms with E-state index < -0.39 is 0 Å². The third-order valence-electron chi connectivity index (χ3n) is 5.05. The molecule has 2 amide bonds. The quantitative estimate of drug-likeness (QED) is 0.302. The maximum atomic E-state index is 12.9. The number of benzene rings is 1. The average Bonchev–Trinajstić information content (AvgIpc) is 3.61. The van der Waals surface area contributed by atoms with Crippen LogP contribution < -0.4 is 0 Å². The van der Waals surface area contributed by atoms with Crippen LogP contribution in [-0.4, -0.2) is 30.3 Å². The first-order chi connectivity index (χ1) is 16.5. The van der Waals surface area contributed by atoms with Gasteiger partial charge in [-0.3, -0.25) is 19.4 Å². The van der Waals surface area contributed by atoms with E-state index in [1.165, 1.54) is 23.5 Å². The predicted octanol–water partition coefficient (Wildman–Crippen LogP) is 5.68. The van der Waals surface area contributed by atoms with Gasteiger partial charge in [0.05, 0.1) is 35.4 Å². The van der Waals surface area contributed by atoms with E-state index in [9.17, 15) is 9.59 Å². The zero-order valence-corrected chi connectivity index (χ0v) is 20.8. The van der Waals surface area contributed by atoms with E-state index in [1.54, 1.807) is 58.7 Å². The van der Waals surface area contributed by atoms with Crippen LogP contribution in [0, 0.1) is 0 Å². The molecule has 0 radical (unpaired) electrons. The van der Waals surface area contributed by atoms with E-state index in [-0.39, 0.29) is 11.8 Å². The van der Waals surface area contributed by atoms with Gasteiger partial charge in [0.25, 0.3) is 11.8 Å². The number of carbonyl (C=O) groups is 2. The number of furan rings is 2. The normalized spacial score (nSPS) is 18.8. The molecule has 5 rings (SSSR count). The molecule has 2 saturated heterocycles. The summed E-state index contributed by atoms with van der Waals surface area (Å²) >= 11 is 13.4. The molecule has 2 aliphatic heterocycles. The number of hydrogen-bond acceptors (Lipinski definition) is 8. The van der Waals surface area contributed by atoms with Gasteiger partial charge in [-0.1, -0.05) is 72.2 Å². The van der Waals surface area contributed by atoms with Crippen molar-refractivity contribution in [2.75, 3.05) is 0 Å². The minimum absolute atomic E-state index is 0.156. The number of carbonyl (C=O) groups excluding carboxylic acids is 2. The molecule has 0 spiro atoms. The fourth-order valence-electron chi connectivity index (χ4n) is 3.47. The van der Waals surface area contributed by atoms with Gasteiger partial charge < -0.3 is 8.83 Å². The van der Waals surface area contributed by atoms with Crippen molar-refractivity contribution >= 4 is 80.6 Å². The van der Waals surface area contributed by atoms with Crippen LogP contribution >= 0.6 is 48.0 Å². The van der Waals surface area contributed by atoms with Gasteiger partial charge in [-0.05, 0) is 35.4 Å². The largest absolute Gasteiger partial charge is 0.465 e. The number of thioether (sulfide) groups is 2. The first kappa shape index (κ1) is 22.9. The molecule has 0 aliphatic carbocycles. The third kappa shape index (κ3) is 4.80. The van der Waals surface area contributed by atoms with Crippen LogP contribution in [0.2, 0.25) is 0 Å². The molecular formula is C24H16N2O4S4. The molecule has 2 fully saturated rings. The lowest BCUT2D eigenvalue weighted by atomic mass is 10.1. The summed E-state index contributed by atoms with van der Waals surface area (Å²) in [6.07, 6.45) is 6.51. The lowest BCUT2D eigenvalue weighted by Gasteiger charge is -2.17. The molecule has 0 N–H and O–H groups in total. The Kier molecular flexibility index (Phi) is 6.55. The molecule has 0 bridgehead atoms. The molecule has 2 aliphatic rings. The second kappa shape index (κ2) is 9.75. The molecule has 0 unspecified atom stereocenters. The number of amides is 2. The third-order valence-corrected chi connectivity index (χ3v) is 7.81. The van der Waals surface area contributed by atoms with E-state index in [4.69, 9.17) is 33.3 Å². The molecule has 10 heteroatoms. The predicted molar refractivity (Wildman–Crippen MR) is 141 cm³/mol. The number of thiocarbonyl (C=S) groups is 2. The van der Waals surface area contributed by atoms with Crippen molar-refractivity contribution in [3.63, 3.8) is 0 Å². The molecule has 3 aromatic rings. The van der Waals surface area contributed by atoms with E-state index in [0.717, 1.165) is 11.1 Å². The smallest absolute Gasteiger partial charge is 0.266 e. The Bertz CT molecular complexity index is 1240. The van der Waals surface area contributed by atoms with Crippen molar-refractivity contribution in [2.24, 2.45) is 0 Å². The Morgan fingerprint density at radius 1 is 0.735 bits per heavy atom. The summed E-state index contributed by atoms with van der Waals surface area (Å²) in [5, 5.41) is 0. The van der Waals surface area contributed by atoms with Crippen LogP contribution in [0.15, 0.2) is 79.7 Å². The van der Waals surface area contributed by atoms with Gasteiger partial charge in [0.2, 0.25) is 0 Å². The van der Waals surface area contributed by atoms with Gasteiger partial charge in [-0.15, -0.1) is 0 Å². The molecule has 0 saturated carbocycles. The van der Waals surface area contributed by atoms with Gasteiger partial charge in [-0.25, -0.2) is 0 Å². The van der Waals surface area contributed by atoms with E-state index in [0.29, 0.717) is 43.1 Å². The molecule has 2 aromatic heterocycles. The highest BCUT2D eigenvalue weighted by molar-refractivity contribution is 8.27. The Morgan fingerprint density at radius 3 is 1.62 bits per heavy atom. The summed E-state index contributed by atoms with van der Waals surface area (Å²) in [6, 6.07) is 14.8. The lowest BCUT2D eigenvalue weighted by molar-refractivity contribution is -0.123. The van der Waals surface area contributed by atoms with Crippen LogP contribution in [-0.2, 0) is 22.7 Å². The lowest BCUT2D eigenvalue weighted by Crippen LogP contribution is -2.28. The van der Waals surface area contributed by atoms with Crippen LogP contribution in [0.1, 0.15) is 22.6 Å². The molecule has 1 aromatic carbocycles. The minimum atomic E-state index is -0.156. The summed E-state index contributed by atoms with van der Waals surface area (Å²) in [7, 11) is 0. The van der Waals surface area contributed by atoms with Crippen LogP contribution in [0.5, 0.6) is 0 Å². The fraction of sp³-hybridized carbons (Fsp3) is 0.0833. The van der Waals surface area contributed by atoms with Crippen LogP contribution in [0.25, 0.3) is 12.2 Å². The van der Waals surface area contributed by atoms with Crippen molar-refractivity contribution in [1.82, 2.24) is 9.80 Å². The van der Waals surface area contributed by atoms with Crippen LogP contribution in [0.4, 0.5) is 0 Å². The number of hydrogen-bond donors (Lipinski definition) is 0. The second-order valence-corrected chi connectivity index (χ2v) is 10.7. The molecule has 4 heterocycles. The maximum Gasteiger partial charge on any atom is 0.266 e. The number of rotatable bonds is 6. The second-order valence-electron chi connectivity index (χ2n) is 7.39. The summed E-state index contributed by atoms with van der Waals surface area (Å²) in [5.74, 6) is 0.896. The summed E-state index contributed by atoms with van der Waals surface area (Å²) in [4.78, 5) is 30.0. The Hall–Kier alpha value is -2.92. The maximum absolute atomic E-state index is 12.9. The van der Waals surface area contributed by atoms with E-state index >= 15 is 0 Å². The van der Waals surface area contributed by atoms with Crippen molar-refractivity contribution < 1.29 is 18.4 Å².